The van der Waals surface area contributed by atoms with Gasteiger partial charge < -0.3 is 9.47 Å². The topological polar surface area (TPSA) is 54.7 Å². The molecule has 1 fully saturated rings. The molecule has 0 saturated carbocycles. The number of carbonyl (C=O) groups excluding carboxylic acids is 2. The van der Waals surface area contributed by atoms with Crippen molar-refractivity contribution in [2.75, 3.05) is 18.1 Å². The third-order valence-corrected chi connectivity index (χ3v) is 6.56. The van der Waals surface area contributed by atoms with Crippen LogP contribution < -0.4 is 4.80 Å². The number of piperidine rings is 1. The SMILES string of the molecule is CC1CCCCN1C(=O)CSCC(=O)N=c1sc2cc(F)ccc2n1C. The fraction of sp³-hybridized carbons (Fsp3) is 0.500. The summed E-state index contributed by atoms with van der Waals surface area (Å²) in [4.78, 5) is 31.0. The van der Waals surface area contributed by atoms with E-state index in [0.717, 1.165) is 29.6 Å². The summed E-state index contributed by atoms with van der Waals surface area (Å²) in [6.45, 7) is 2.89. The van der Waals surface area contributed by atoms with Crippen molar-refractivity contribution in [3.05, 3.63) is 28.8 Å². The molecule has 1 aliphatic rings. The first-order valence-electron chi connectivity index (χ1n) is 8.65. The van der Waals surface area contributed by atoms with Gasteiger partial charge in [0.1, 0.15) is 5.82 Å². The Hall–Kier alpha value is -1.67. The van der Waals surface area contributed by atoms with Crippen LogP contribution in [0.4, 0.5) is 4.39 Å². The number of fused-ring (bicyclic) bond motifs is 1. The molecule has 1 aromatic carbocycles. The molecule has 5 nitrogen and oxygen atoms in total. The summed E-state index contributed by atoms with van der Waals surface area (Å²) >= 11 is 2.58. The molecule has 0 aliphatic carbocycles. The van der Waals surface area contributed by atoms with Gasteiger partial charge in [-0.15, -0.1) is 11.8 Å². The summed E-state index contributed by atoms with van der Waals surface area (Å²) < 4.78 is 15.9. The van der Waals surface area contributed by atoms with Gasteiger partial charge in [-0.25, -0.2) is 4.39 Å². The molecule has 3 rings (SSSR count). The second-order valence-corrected chi connectivity index (χ2v) is 8.48. The maximum atomic E-state index is 13.3. The first kappa shape index (κ1) is 19.1. The molecule has 1 aromatic heterocycles. The van der Waals surface area contributed by atoms with Crippen molar-refractivity contribution in [2.24, 2.45) is 12.0 Å². The third-order valence-electron chi connectivity index (χ3n) is 4.57. The summed E-state index contributed by atoms with van der Waals surface area (Å²) in [5.41, 5.74) is 0.838. The number of rotatable bonds is 4. The van der Waals surface area contributed by atoms with Crippen LogP contribution in [0.5, 0.6) is 0 Å². The molecule has 1 atom stereocenters. The van der Waals surface area contributed by atoms with Crippen LogP contribution in [0.25, 0.3) is 10.2 Å². The summed E-state index contributed by atoms with van der Waals surface area (Å²) in [7, 11) is 1.80. The van der Waals surface area contributed by atoms with E-state index < -0.39 is 0 Å². The molecular formula is C18H22FN3O2S2. The lowest BCUT2D eigenvalue weighted by atomic mass is 10.0. The minimum atomic E-state index is -0.307. The van der Waals surface area contributed by atoms with E-state index in [1.54, 1.807) is 17.7 Å². The van der Waals surface area contributed by atoms with Crippen molar-refractivity contribution in [3.8, 4) is 0 Å². The highest BCUT2D eigenvalue weighted by Gasteiger charge is 2.22. The first-order valence-corrected chi connectivity index (χ1v) is 10.6. The van der Waals surface area contributed by atoms with Crippen LogP contribution in [0.15, 0.2) is 23.2 Å². The maximum Gasteiger partial charge on any atom is 0.258 e. The van der Waals surface area contributed by atoms with E-state index in [1.807, 2.05) is 4.90 Å². The van der Waals surface area contributed by atoms with Crippen LogP contribution in [0.3, 0.4) is 0 Å². The largest absolute Gasteiger partial charge is 0.339 e. The average molecular weight is 396 g/mol. The van der Waals surface area contributed by atoms with Gasteiger partial charge in [-0.3, -0.25) is 9.59 Å². The third kappa shape index (κ3) is 4.35. The number of aromatic nitrogens is 1. The van der Waals surface area contributed by atoms with Gasteiger partial charge >= 0.3 is 0 Å². The van der Waals surface area contributed by atoms with Gasteiger partial charge in [0.2, 0.25) is 5.91 Å². The highest BCUT2D eigenvalue weighted by Crippen LogP contribution is 2.19. The van der Waals surface area contributed by atoms with Crippen LogP contribution in [-0.2, 0) is 16.6 Å². The Labute approximate surface area is 159 Å². The number of thioether (sulfide) groups is 1. The Bertz CT molecular complexity index is 890. The van der Waals surface area contributed by atoms with Gasteiger partial charge in [0.05, 0.1) is 21.7 Å². The molecule has 2 heterocycles. The average Bonchev–Trinajstić information content (AvgIpc) is 2.90. The van der Waals surface area contributed by atoms with Crippen molar-refractivity contribution in [3.63, 3.8) is 0 Å². The monoisotopic (exact) mass is 395 g/mol. The molecule has 26 heavy (non-hydrogen) atoms. The van der Waals surface area contributed by atoms with Crippen LogP contribution in [-0.4, -0.2) is 45.4 Å². The first-order chi connectivity index (χ1) is 12.5. The number of likely N-dealkylation sites (tertiary alicyclic amines) is 1. The zero-order chi connectivity index (χ0) is 18.7. The van der Waals surface area contributed by atoms with Crippen LogP contribution >= 0.6 is 23.1 Å². The number of nitrogens with zero attached hydrogens (tertiary/aromatic N) is 3. The van der Waals surface area contributed by atoms with Gasteiger partial charge in [0, 0.05) is 19.6 Å². The molecule has 1 unspecified atom stereocenters. The van der Waals surface area contributed by atoms with Crippen molar-refractivity contribution in [2.45, 2.75) is 32.2 Å². The minimum Gasteiger partial charge on any atom is -0.339 e. The smallest absolute Gasteiger partial charge is 0.258 e. The Morgan fingerprint density at radius 2 is 2.15 bits per heavy atom. The van der Waals surface area contributed by atoms with Gasteiger partial charge in [-0.05, 0) is 44.4 Å². The number of aryl methyl sites for hydroxylation is 1. The minimum absolute atomic E-state index is 0.0953. The maximum absolute atomic E-state index is 13.3. The lowest BCUT2D eigenvalue weighted by Gasteiger charge is -2.33. The van der Waals surface area contributed by atoms with E-state index in [0.29, 0.717) is 10.6 Å². The second kappa shape index (κ2) is 8.35. The molecule has 0 spiro atoms. The molecule has 2 aromatic rings. The van der Waals surface area contributed by atoms with Crippen molar-refractivity contribution < 1.29 is 14.0 Å². The highest BCUT2D eigenvalue weighted by atomic mass is 32.2. The van der Waals surface area contributed by atoms with Gasteiger partial charge in [-0.2, -0.15) is 4.99 Å². The molecule has 0 bridgehead atoms. The standard InChI is InChI=1S/C18H22FN3O2S2/c1-12-5-3-4-8-22(12)17(24)11-25-10-16(23)20-18-21(2)14-7-6-13(19)9-15(14)26-18/h6-7,9,12H,3-5,8,10-11H2,1-2H3. The highest BCUT2D eigenvalue weighted by molar-refractivity contribution is 8.00. The summed E-state index contributed by atoms with van der Waals surface area (Å²) in [6.07, 6.45) is 3.28. The van der Waals surface area contributed by atoms with E-state index in [4.69, 9.17) is 0 Å². The summed E-state index contributed by atoms with van der Waals surface area (Å²) in [5, 5.41) is 0. The van der Waals surface area contributed by atoms with Crippen molar-refractivity contribution in [1.29, 1.82) is 0 Å². The van der Waals surface area contributed by atoms with Crippen LogP contribution in [0.1, 0.15) is 26.2 Å². The molecule has 2 amide bonds. The quantitative estimate of drug-likeness (QED) is 0.800. The van der Waals surface area contributed by atoms with E-state index in [1.165, 1.54) is 41.7 Å². The number of hydrogen-bond donors (Lipinski definition) is 0. The fourth-order valence-corrected chi connectivity index (χ4v) is 4.87. The molecule has 0 radical (unpaired) electrons. The van der Waals surface area contributed by atoms with Gasteiger partial charge in [0.15, 0.2) is 4.80 Å². The number of thiazole rings is 1. The number of benzene rings is 1. The Morgan fingerprint density at radius 3 is 2.92 bits per heavy atom. The predicted octanol–water partition coefficient (Wildman–Crippen LogP) is 2.94. The number of hydrogen-bond acceptors (Lipinski definition) is 4. The van der Waals surface area contributed by atoms with E-state index in [9.17, 15) is 14.0 Å². The summed E-state index contributed by atoms with van der Waals surface area (Å²) in [5.74, 6) is -0.0282. The zero-order valence-electron chi connectivity index (χ0n) is 14.9. The zero-order valence-corrected chi connectivity index (χ0v) is 16.5. The number of carbonyl (C=O) groups is 2. The Kier molecular flexibility index (Phi) is 6.13. The Morgan fingerprint density at radius 1 is 1.35 bits per heavy atom. The molecule has 8 heteroatoms. The van der Waals surface area contributed by atoms with Gasteiger partial charge in [0.25, 0.3) is 5.91 Å². The molecule has 140 valence electrons. The molecule has 1 aliphatic heterocycles. The number of amides is 2. The molecule has 0 N–H and O–H groups in total. The van der Waals surface area contributed by atoms with Crippen molar-refractivity contribution >= 4 is 45.1 Å². The lowest BCUT2D eigenvalue weighted by molar-refractivity contribution is -0.131. The number of halogens is 1. The van der Waals surface area contributed by atoms with Gasteiger partial charge in [-0.1, -0.05) is 11.3 Å². The van der Waals surface area contributed by atoms with Crippen LogP contribution in [0.2, 0.25) is 0 Å². The lowest BCUT2D eigenvalue weighted by Crippen LogP contribution is -2.43. The fourth-order valence-electron chi connectivity index (χ4n) is 3.13. The van der Waals surface area contributed by atoms with Crippen molar-refractivity contribution in [1.82, 2.24) is 9.47 Å². The normalized spacial score (nSPS) is 18.5. The Balaban J connectivity index is 1.59. The molecule has 1 saturated heterocycles. The van der Waals surface area contributed by atoms with Crippen LogP contribution in [0, 0.1) is 5.82 Å². The van der Waals surface area contributed by atoms with E-state index in [2.05, 4.69) is 11.9 Å². The summed E-state index contributed by atoms with van der Waals surface area (Å²) in [6, 6.07) is 4.80. The predicted molar refractivity (Wildman–Crippen MR) is 104 cm³/mol. The molecular weight excluding hydrogens is 373 g/mol. The second-order valence-electron chi connectivity index (χ2n) is 6.49. The van der Waals surface area contributed by atoms with E-state index >= 15 is 0 Å². The van der Waals surface area contributed by atoms with E-state index in [-0.39, 0.29) is 29.4 Å².